The molecule has 6 heteroatoms. The highest BCUT2D eigenvalue weighted by molar-refractivity contribution is 5.82. The number of nitriles is 1. The summed E-state index contributed by atoms with van der Waals surface area (Å²) < 4.78 is 14.3. The molecule has 1 aromatic heterocycles. The number of rotatable bonds is 6. The lowest BCUT2D eigenvalue weighted by atomic mass is 9.93. The van der Waals surface area contributed by atoms with Crippen molar-refractivity contribution in [1.82, 2.24) is 9.88 Å². The van der Waals surface area contributed by atoms with Gasteiger partial charge in [0.15, 0.2) is 0 Å². The summed E-state index contributed by atoms with van der Waals surface area (Å²) in [5.41, 5.74) is 2.61. The van der Waals surface area contributed by atoms with Gasteiger partial charge in [-0.2, -0.15) is 5.26 Å². The van der Waals surface area contributed by atoms with Gasteiger partial charge in [-0.15, -0.1) is 0 Å². The number of hydrogen-bond donors (Lipinski definition) is 0. The summed E-state index contributed by atoms with van der Waals surface area (Å²) in [5.74, 6) is 1.55. The fourth-order valence-corrected chi connectivity index (χ4v) is 5.27. The van der Waals surface area contributed by atoms with Gasteiger partial charge in [0, 0.05) is 31.7 Å². The first-order valence-corrected chi connectivity index (χ1v) is 11.3. The van der Waals surface area contributed by atoms with Gasteiger partial charge in [-0.1, -0.05) is 12.1 Å². The van der Waals surface area contributed by atoms with E-state index in [2.05, 4.69) is 22.0 Å². The maximum absolute atomic E-state index is 14.3. The largest absolute Gasteiger partial charge is 0.353 e. The predicted molar refractivity (Wildman–Crippen MR) is 116 cm³/mol. The lowest BCUT2D eigenvalue weighted by Crippen LogP contribution is -2.51. The number of fused-ring (bicyclic) bond motifs is 1. The number of amides is 1. The topological polar surface area (TPSA) is 60.2 Å². The maximum atomic E-state index is 14.3. The summed E-state index contributed by atoms with van der Waals surface area (Å²) >= 11 is 0. The summed E-state index contributed by atoms with van der Waals surface area (Å²) in [6.07, 6.45) is 7.30. The lowest BCUT2D eigenvalue weighted by molar-refractivity contribution is -0.132. The van der Waals surface area contributed by atoms with Crippen LogP contribution in [0, 0.1) is 23.1 Å². The van der Waals surface area contributed by atoms with Crippen LogP contribution in [0.15, 0.2) is 36.5 Å². The van der Waals surface area contributed by atoms with Crippen molar-refractivity contribution in [2.75, 3.05) is 24.5 Å². The molecule has 5 rings (SSSR count). The smallest absolute Gasteiger partial charge is 0.226 e. The standard InChI is InChI=1S/C25H27FN4O/c26-22-6-2-4-18(24(22)19-8-9-19)3-1-5-20-13-21-16-29(11-12-30(21)25(20)31)23-10-7-17(14-27)15-28-23/h2,4,6-7,10,15,19-21H,1,3,5,8-9,11-13,16H2/t20-,21-/m0/s1. The van der Waals surface area contributed by atoms with E-state index in [4.69, 9.17) is 5.26 Å². The number of aromatic nitrogens is 1. The fraction of sp³-hybridized carbons (Fsp3) is 0.480. The van der Waals surface area contributed by atoms with Crippen LogP contribution in [0.25, 0.3) is 0 Å². The SMILES string of the molecule is N#Cc1ccc(N2CCN3C(=O)[C@@H](CCCc4cccc(F)c4C4CC4)C[C@H]3C2)nc1. The van der Waals surface area contributed by atoms with E-state index in [-0.39, 0.29) is 23.7 Å². The zero-order chi connectivity index (χ0) is 21.4. The molecule has 0 unspecified atom stereocenters. The van der Waals surface area contributed by atoms with Gasteiger partial charge < -0.3 is 9.80 Å². The molecule has 1 saturated carbocycles. The maximum Gasteiger partial charge on any atom is 0.226 e. The molecule has 3 fully saturated rings. The van der Waals surface area contributed by atoms with Crippen molar-refractivity contribution in [1.29, 1.82) is 5.26 Å². The van der Waals surface area contributed by atoms with Crippen LogP contribution in [0.2, 0.25) is 0 Å². The number of carbonyl (C=O) groups is 1. The van der Waals surface area contributed by atoms with E-state index in [9.17, 15) is 9.18 Å². The molecule has 2 aliphatic heterocycles. The highest BCUT2D eigenvalue weighted by Crippen LogP contribution is 2.43. The fourth-order valence-electron chi connectivity index (χ4n) is 5.27. The number of halogens is 1. The van der Waals surface area contributed by atoms with E-state index in [0.29, 0.717) is 11.5 Å². The summed E-state index contributed by atoms with van der Waals surface area (Å²) in [6, 6.07) is 11.4. The monoisotopic (exact) mass is 418 g/mol. The molecule has 0 bridgehead atoms. The number of pyridine rings is 1. The predicted octanol–water partition coefficient (Wildman–Crippen LogP) is 4.03. The second-order valence-electron chi connectivity index (χ2n) is 9.06. The van der Waals surface area contributed by atoms with Crippen molar-refractivity contribution in [3.05, 3.63) is 59.0 Å². The minimum atomic E-state index is -0.0643. The summed E-state index contributed by atoms with van der Waals surface area (Å²) in [7, 11) is 0. The van der Waals surface area contributed by atoms with Crippen molar-refractivity contribution in [2.24, 2.45) is 5.92 Å². The second-order valence-corrected chi connectivity index (χ2v) is 9.06. The molecular weight excluding hydrogens is 391 g/mol. The Balaban J connectivity index is 1.18. The van der Waals surface area contributed by atoms with E-state index >= 15 is 0 Å². The molecular formula is C25H27FN4O. The molecule has 1 aliphatic carbocycles. The Morgan fingerprint density at radius 3 is 2.81 bits per heavy atom. The van der Waals surface area contributed by atoms with E-state index in [0.717, 1.165) is 75.1 Å². The molecule has 0 radical (unpaired) electrons. The van der Waals surface area contributed by atoms with Crippen molar-refractivity contribution in [3.63, 3.8) is 0 Å². The van der Waals surface area contributed by atoms with Gasteiger partial charge >= 0.3 is 0 Å². The van der Waals surface area contributed by atoms with Crippen LogP contribution < -0.4 is 4.90 Å². The molecule has 3 heterocycles. The number of carbonyl (C=O) groups excluding carboxylic acids is 1. The number of piperazine rings is 1. The molecule has 0 spiro atoms. The van der Waals surface area contributed by atoms with Gasteiger partial charge in [-0.05, 0) is 73.8 Å². The number of benzene rings is 1. The van der Waals surface area contributed by atoms with E-state index in [1.54, 1.807) is 18.3 Å². The van der Waals surface area contributed by atoms with Crippen LogP contribution in [0.4, 0.5) is 10.2 Å². The number of nitrogens with zero attached hydrogens (tertiary/aromatic N) is 4. The van der Waals surface area contributed by atoms with Crippen molar-refractivity contribution in [3.8, 4) is 6.07 Å². The van der Waals surface area contributed by atoms with Gasteiger partial charge in [0.2, 0.25) is 5.91 Å². The van der Waals surface area contributed by atoms with Crippen LogP contribution in [0.1, 0.15) is 54.7 Å². The first kappa shape index (κ1) is 20.0. The first-order chi connectivity index (χ1) is 15.1. The second kappa shape index (κ2) is 8.30. The molecule has 1 amide bonds. The highest BCUT2D eigenvalue weighted by Gasteiger charge is 2.42. The average molecular weight is 419 g/mol. The highest BCUT2D eigenvalue weighted by atomic mass is 19.1. The Morgan fingerprint density at radius 2 is 2.06 bits per heavy atom. The third-order valence-electron chi connectivity index (χ3n) is 7.00. The Labute approximate surface area is 182 Å². The Bertz CT molecular complexity index is 1010. The van der Waals surface area contributed by atoms with Crippen LogP contribution >= 0.6 is 0 Å². The Hall–Kier alpha value is -2.94. The molecule has 3 aliphatic rings. The first-order valence-electron chi connectivity index (χ1n) is 11.3. The molecule has 0 N–H and O–H groups in total. The Morgan fingerprint density at radius 1 is 1.19 bits per heavy atom. The van der Waals surface area contributed by atoms with Gasteiger partial charge in [0.25, 0.3) is 0 Å². The summed E-state index contributed by atoms with van der Waals surface area (Å²) in [6.45, 7) is 2.27. The lowest BCUT2D eigenvalue weighted by Gasteiger charge is -2.38. The third kappa shape index (κ3) is 4.01. The van der Waals surface area contributed by atoms with Gasteiger partial charge in [0.05, 0.1) is 11.6 Å². The zero-order valence-corrected chi connectivity index (χ0v) is 17.6. The summed E-state index contributed by atoms with van der Waals surface area (Å²) in [4.78, 5) is 21.6. The summed E-state index contributed by atoms with van der Waals surface area (Å²) in [5, 5.41) is 8.96. The number of hydrogen-bond acceptors (Lipinski definition) is 4. The quantitative estimate of drug-likeness (QED) is 0.711. The normalized spacial score (nSPS) is 23.0. The minimum Gasteiger partial charge on any atom is -0.353 e. The number of aryl methyl sites for hydroxylation is 1. The molecule has 1 aromatic carbocycles. The van der Waals surface area contributed by atoms with Crippen molar-refractivity contribution in [2.45, 2.75) is 50.5 Å². The van der Waals surface area contributed by atoms with E-state index < -0.39 is 0 Å². The van der Waals surface area contributed by atoms with Gasteiger partial charge in [0.1, 0.15) is 17.7 Å². The van der Waals surface area contributed by atoms with E-state index in [1.807, 2.05) is 17.0 Å². The van der Waals surface area contributed by atoms with Crippen LogP contribution in [-0.2, 0) is 11.2 Å². The molecule has 2 saturated heterocycles. The average Bonchev–Trinajstić information content (AvgIpc) is 3.58. The minimum absolute atomic E-state index is 0.0643. The van der Waals surface area contributed by atoms with Gasteiger partial charge in [-0.25, -0.2) is 9.37 Å². The van der Waals surface area contributed by atoms with Crippen molar-refractivity contribution < 1.29 is 9.18 Å². The third-order valence-corrected chi connectivity index (χ3v) is 7.00. The molecule has 2 atom stereocenters. The van der Waals surface area contributed by atoms with Gasteiger partial charge in [-0.3, -0.25) is 4.79 Å². The zero-order valence-electron chi connectivity index (χ0n) is 17.6. The molecule has 160 valence electrons. The molecule has 5 nitrogen and oxygen atoms in total. The number of anilines is 1. The molecule has 2 aromatic rings. The van der Waals surface area contributed by atoms with Crippen LogP contribution in [-0.4, -0.2) is 41.5 Å². The van der Waals surface area contributed by atoms with Crippen LogP contribution in [0.3, 0.4) is 0 Å². The van der Waals surface area contributed by atoms with Crippen LogP contribution in [0.5, 0.6) is 0 Å². The molecule has 31 heavy (non-hydrogen) atoms. The van der Waals surface area contributed by atoms with E-state index in [1.165, 1.54) is 0 Å². The Kier molecular flexibility index (Phi) is 5.35. The van der Waals surface area contributed by atoms with Crippen molar-refractivity contribution >= 4 is 11.7 Å².